The van der Waals surface area contributed by atoms with Crippen LogP contribution in [-0.2, 0) is 4.79 Å². The maximum Gasteiger partial charge on any atom is 0.315 e. The first-order chi connectivity index (χ1) is 6.93. The lowest BCUT2D eigenvalue weighted by Gasteiger charge is -2.08. The first-order valence-corrected chi connectivity index (χ1v) is 4.24. The Kier molecular flexibility index (Phi) is 2.89. The summed E-state index contributed by atoms with van der Waals surface area (Å²) in [4.78, 5) is 21.0. The largest absolute Gasteiger partial charge is 0.393 e. The topological polar surface area (TPSA) is 98.3 Å². The van der Waals surface area contributed by atoms with Crippen molar-refractivity contribution in [1.29, 1.82) is 0 Å². The summed E-state index contributed by atoms with van der Waals surface area (Å²) in [6.45, 7) is 2.95. The van der Waals surface area contributed by atoms with Crippen molar-refractivity contribution in [3.8, 4) is 0 Å². The second-order valence-electron chi connectivity index (χ2n) is 3.13. The van der Waals surface area contributed by atoms with Crippen molar-refractivity contribution in [1.82, 2.24) is 0 Å². The van der Waals surface area contributed by atoms with Gasteiger partial charge in [-0.1, -0.05) is 6.07 Å². The van der Waals surface area contributed by atoms with Crippen LogP contribution >= 0.6 is 0 Å². The lowest BCUT2D eigenvalue weighted by molar-refractivity contribution is -0.383. The summed E-state index contributed by atoms with van der Waals surface area (Å²) in [6, 6.07) is 3.06. The molecule has 0 saturated carbocycles. The van der Waals surface area contributed by atoms with Crippen molar-refractivity contribution in [2.75, 3.05) is 11.1 Å². The summed E-state index contributed by atoms with van der Waals surface area (Å²) in [5, 5.41) is 13.2. The molecule has 0 heterocycles. The zero-order valence-corrected chi connectivity index (χ0v) is 8.40. The van der Waals surface area contributed by atoms with Crippen LogP contribution in [0.5, 0.6) is 0 Å². The van der Waals surface area contributed by atoms with Crippen LogP contribution in [0.4, 0.5) is 17.1 Å². The standard InChI is InChI=1S/C9H11N3O3/c1-5-3-4-7(10)9(12(14)15)8(5)11-6(2)13/h3-4H,10H2,1-2H3,(H,11,13). The number of nitrogens with two attached hydrogens (primary N) is 1. The number of rotatable bonds is 2. The van der Waals surface area contributed by atoms with E-state index in [9.17, 15) is 14.9 Å². The van der Waals surface area contributed by atoms with Gasteiger partial charge in [-0.15, -0.1) is 0 Å². The highest BCUT2D eigenvalue weighted by atomic mass is 16.6. The van der Waals surface area contributed by atoms with Gasteiger partial charge >= 0.3 is 5.69 Å². The van der Waals surface area contributed by atoms with E-state index in [1.165, 1.54) is 13.0 Å². The van der Waals surface area contributed by atoms with Crippen LogP contribution in [0.1, 0.15) is 12.5 Å². The number of nitrogens with one attached hydrogen (secondary N) is 1. The zero-order valence-electron chi connectivity index (χ0n) is 8.40. The zero-order chi connectivity index (χ0) is 11.6. The van der Waals surface area contributed by atoms with Crippen LogP contribution in [0.2, 0.25) is 0 Å². The summed E-state index contributed by atoms with van der Waals surface area (Å²) >= 11 is 0. The van der Waals surface area contributed by atoms with Crippen LogP contribution in [0.25, 0.3) is 0 Å². The minimum absolute atomic E-state index is 0.0364. The highest BCUT2D eigenvalue weighted by molar-refractivity contribution is 5.94. The van der Waals surface area contributed by atoms with Crippen molar-refractivity contribution >= 4 is 23.0 Å². The van der Waals surface area contributed by atoms with Crippen LogP contribution < -0.4 is 11.1 Å². The Hall–Kier alpha value is -2.11. The van der Waals surface area contributed by atoms with Gasteiger partial charge in [-0.05, 0) is 18.6 Å². The smallest absolute Gasteiger partial charge is 0.315 e. The third kappa shape index (κ3) is 2.22. The van der Waals surface area contributed by atoms with Gasteiger partial charge in [-0.3, -0.25) is 14.9 Å². The molecule has 0 saturated heterocycles. The number of amides is 1. The Morgan fingerprint density at radius 1 is 1.53 bits per heavy atom. The Labute approximate surface area is 86.2 Å². The lowest BCUT2D eigenvalue weighted by atomic mass is 10.1. The summed E-state index contributed by atoms with van der Waals surface area (Å²) in [5.74, 6) is -0.369. The molecule has 0 unspecified atom stereocenters. The number of nitrogens with zero attached hydrogens (tertiary/aromatic N) is 1. The molecule has 1 amide bonds. The molecule has 0 aliphatic heterocycles. The monoisotopic (exact) mass is 209 g/mol. The molecule has 1 aromatic rings. The van der Waals surface area contributed by atoms with Crippen LogP contribution in [-0.4, -0.2) is 10.8 Å². The minimum atomic E-state index is -0.604. The Morgan fingerprint density at radius 3 is 2.60 bits per heavy atom. The highest BCUT2D eigenvalue weighted by Crippen LogP contribution is 2.33. The van der Waals surface area contributed by atoms with E-state index in [2.05, 4.69) is 5.32 Å². The van der Waals surface area contributed by atoms with Crippen molar-refractivity contribution in [2.24, 2.45) is 0 Å². The molecule has 1 aromatic carbocycles. The van der Waals surface area contributed by atoms with Crippen LogP contribution in [0.15, 0.2) is 12.1 Å². The maximum atomic E-state index is 10.9. The minimum Gasteiger partial charge on any atom is -0.393 e. The van der Waals surface area contributed by atoms with Gasteiger partial charge in [0.25, 0.3) is 0 Å². The average Bonchev–Trinajstić information content (AvgIpc) is 2.10. The maximum absolute atomic E-state index is 10.9. The van der Waals surface area contributed by atoms with Gasteiger partial charge in [0, 0.05) is 6.92 Å². The number of carbonyl (C=O) groups is 1. The molecule has 0 radical (unpaired) electrons. The average molecular weight is 209 g/mol. The SMILES string of the molecule is CC(=O)Nc1c(C)ccc(N)c1[N+](=O)[O-]. The number of nitro groups is 1. The molecule has 0 aliphatic carbocycles. The van der Waals surface area contributed by atoms with Gasteiger partial charge in [-0.25, -0.2) is 0 Å². The molecule has 0 fully saturated rings. The van der Waals surface area contributed by atoms with E-state index in [0.717, 1.165) is 0 Å². The molecule has 1 rings (SSSR count). The number of nitro benzene ring substituents is 1. The van der Waals surface area contributed by atoms with Crippen LogP contribution in [0.3, 0.4) is 0 Å². The Morgan fingerprint density at radius 2 is 2.13 bits per heavy atom. The predicted molar refractivity (Wildman–Crippen MR) is 56.5 cm³/mol. The number of aryl methyl sites for hydroxylation is 1. The van der Waals surface area contributed by atoms with E-state index >= 15 is 0 Å². The van der Waals surface area contributed by atoms with E-state index < -0.39 is 4.92 Å². The summed E-state index contributed by atoms with van der Waals surface area (Å²) in [5.41, 5.74) is 6.01. The molecular formula is C9H11N3O3. The van der Waals surface area contributed by atoms with E-state index in [4.69, 9.17) is 5.73 Å². The van der Waals surface area contributed by atoms with E-state index in [-0.39, 0.29) is 23.0 Å². The molecule has 6 nitrogen and oxygen atoms in total. The third-order valence-corrected chi connectivity index (χ3v) is 1.90. The van der Waals surface area contributed by atoms with Gasteiger partial charge in [0.2, 0.25) is 5.91 Å². The van der Waals surface area contributed by atoms with E-state index in [1.54, 1.807) is 13.0 Å². The number of hydrogen-bond donors (Lipinski definition) is 2. The molecule has 0 bridgehead atoms. The number of carbonyl (C=O) groups excluding carboxylic acids is 1. The second-order valence-corrected chi connectivity index (χ2v) is 3.13. The molecule has 3 N–H and O–H groups in total. The summed E-state index contributed by atoms with van der Waals surface area (Å²) in [6.07, 6.45) is 0. The molecule has 0 atom stereocenters. The van der Waals surface area contributed by atoms with Crippen molar-refractivity contribution in [3.63, 3.8) is 0 Å². The number of nitrogen functional groups attached to an aromatic ring is 1. The van der Waals surface area contributed by atoms with Gasteiger partial charge in [0.15, 0.2) is 0 Å². The van der Waals surface area contributed by atoms with E-state index in [0.29, 0.717) is 5.56 Å². The van der Waals surface area contributed by atoms with Gasteiger partial charge in [-0.2, -0.15) is 0 Å². The molecule has 0 aromatic heterocycles. The van der Waals surface area contributed by atoms with Gasteiger partial charge in [0.1, 0.15) is 11.4 Å². The Bertz CT molecular complexity index is 429. The summed E-state index contributed by atoms with van der Waals surface area (Å²) in [7, 11) is 0. The number of benzene rings is 1. The first kappa shape index (κ1) is 11.0. The fraction of sp³-hybridized carbons (Fsp3) is 0.222. The quantitative estimate of drug-likeness (QED) is 0.437. The normalized spacial score (nSPS) is 9.73. The second kappa shape index (κ2) is 3.95. The number of anilines is 2. The first-order valence-electron chi connectivity index (χ1n) is 4.24. The van der Waals surface area contributed by atoms with Crippen molar-refractivity contribution < 1.29 is 9.72 Å². The molecule has 0 spiro atoms. The molecule has 0 aliphatic rings. The van der Waals surface area contributed by atoms with Gasteiger partial charge < -0.3 is 11.1 Å². The van der Waals surface area contributed by atoms with Crippen LogP contribution in [0, 0.1) is 17.0 Å². The third-order valence-electron chi connectivity index (χ3n) is 1.90. The predicted octanol–water partition coefficient (Wildman–Crippen LogP) is 1.44. The lowest BCUT2D eigenvalue weighted by Crippen LogP contribution is -2.10. The Balaban J connectivity index is 3.38. The molecule has 6 heteroatoms. The highest BCUT2D eigenvalue weighted by Gasteiger charge is 2.20. The fourth-order valence-electron chi connectivity index (χ4n) is 1.24. The molecular weight excluding hydrogens is 198 g/mol. The van der Waals surface area contributed by atoms with Crippen molar-refractivity contribution in [3.05, 3.63) is 27.8 Å². The van der Waals surface area contributed by atoms with Crippen molar-refractivity contribution in [2.45, 2.75) is 13.8 Å². The van der Waals surface area contributed by atoms with Gasteiger partial charge in [0.05, 0.1) is 4.92 Å². The number of hydrogen-bond acceptors (Lipinski definition) is 4. The molecule has 15 heavy (non-hydrogen) atoms. The van der Waals surface area contributed by atoms with E-state index in [1.807, 2.05) is 0 Å². The molecule has 80 valence electrons. The summed E-state index contributed by atoms with van der Waals surface area (Å²) < 4.78 is 0. The fourth-order valence-corrected chi connectivity index (χ4v) is 1.24.